The van der Waals surface area contributed by atoms with Crippen molar-refractivity contribution in [2.24, 2.45) is 17.8 Å². The first-order valence-corrected chi connectivity index (χ1v) is 14.8. The summed E-state index contributed by atoms with van der Waals surface area (Å²) in [5.74, 6) is -1.20. The molecule has 0 radical (unpaired) electrons. The summed E-state index contributed by atoms with van der Waals surface area (Å²) in [6.07, 6.45) is 2.46. The van der Waals surface area contributed by atoms with Crippen molar-refractivity contribution in [3.8, 4) is 11.3 Å². The van der Waals surface area contributed by atoms with Gasteiger partial charge in [0.15, 0.2) is 12.4 Å². The molecule has 1 saturated carbocycles. The first kappa shape index (κ1) is 28.0. The zero-order valence-corrected chi connectivity index (χ0v) is 24.9. The molecular weight excluding hydrogens is 596 g/mol. The van der Waals surface area contributed by atoms with E-state index in [9.17, 15) is 19.2 Å². The number of hydrogen-bond acceptors (Lipinski definition) is 6. The van der Waals surface area contributed by atoms with Gasteiger partial charge in [0, 0.05) is 21.0 Å². The smallest absolute Gasteiger partial charge is 0.339 e. The van der Waals surface area contributed by atoms with Crippen LogP contribution in [0.2, 0.25) is 0 Å². The van der Waals surface area contributed by atoms with Crippen molar-refractivity contribution < 1.29 is 23.9 Å². The molecule has 2 aliphatic rings. The molecule has 0 bridgehead atoms. The second-order valence-electron chi connectivity index (χ2n) is 11.3. The highest BCUT2D eigenvalue weighted by Crippen LogP contribution is 2.42. The molecule has 0 N–H and O–H groups in total. The van der Waals surface area contributed by atoms with Crippen molar-refractivity contribution in [1.82, 2.24) is 4.98 Å². The number of aromatic nitrogens is 1. The van der Waals surface area contributed by atoms with Gasteiger partial charge in [0.05, 0.1) is 34.3 Å². The SMILES string of the molecule is Cc1ccc2nc(-c3ccc(N4C(=O)[C@H]5CC[C@@H](C)C[C@@H]5C4=O)cc3)cc(C(=O)OCC(=O)c3ccc(Br)cc3)c2c1. The second-order valence-corrected chi connectivity index (χ2v) is 12.2. The molecule has 1 aliphatic carbocycles. The summed E-state index contributed by atoms with van der Waals surface area (Å²) in [7, 11) is 0. The van der Waals surface area contributed by atoms with E-state index in [4.69, 9.17) is 9.72 Å². The molecule has 0 unspecified atom stereocenters. The van der Waals surface area contributed by atoms with Gasteiger partial charge >= 0.3 is 5.97 Å². The maximum Gasteiger partial charge on any atom is 0.339 e. The molecule has 0 spiro atoms. The number of halogens is 1. The molecule has 3 aromatic carbocycles. The van der Waals surface area contributed by atoms with Crippen LogP contribution >= 0.6 is 15.9 Å². The van der Waals surface area contributed by atoms with Gasteiger partial charge in [-0.15, -0.1) is 0 Å². The molecule has 2 fully saturated rings. The Balaban J connectivity index is 1.27. The van der Waals surface area contributed by atoms with Crippen LogP contribution in [0.1, 0.15) is 52.5 Å². The van der Waals surface area contributed by atoms with Crippen molar-refractivity contribution >= 4 is 56.1 Å². The zero-order chi connectivity index (χ0) is 29.5. The number of ketones is 1. The number of rotatable bonds is 6. The van der Waals surface area contributed by atoms with Crippen molar-refractivity contribution in [3.05, 3.63) is 94.0 Å². The number of amides is 2. The van der Waals surface area contributed by atoms with E-state index in [-0.39, 0.29) is 29.4 Å². The minimum Gasteiger partial charge on any atom is -0.454 e. The van der Waals surface area contributed by atoms with Gasteiger partial charge in [0.2, 0.25) is 11.8 Å². The fourth-order valence-electron chi connectivity index (χ4n) is 6.01. The van der Waals surface area contributed by atoms with E-state index in [2.05, 4.69) is 22.9 Å². The summed E-state index contributed by atoms with van der Waals surface area (Å²) >= 11 is 3.35. The third kappa shape index (κ3) is 5.27. The van der Waals surface area contributed by atoms with Crippen LogP contribution in [0.25, 0.3) is 22.2 Å². The highest BCUT2D eigenvalue weighted by molar-refractivity contribution is 9.10. The molecular formula is C34H29BrN2O5. The van der Waals surface area contributed by atoms with Gasteiger partial charge in [-0.05, 0) is 74.6 Å². The Morgan fingerprint density at radius 3 is 2.38 bits per heavy atom. The number of aryl methyl sites for hydroxylation is 1. The molecule has 8 heteroatoms. The lowest BCUT2D eigenvalue weighted by Crippen LogP contribution is -2.30. The van der Waals surface area contributed by atoms with Crippen LogP contribution in [0.3, 0.4) is 0 Å². The number of nitrogens with zero attached hydrogens (tertiary/aromatic N) is 2. The molecule has 4 aromatic rings. The van der Waals surface area contributed by atoms with Crippen LogP contribution in [-0.2, 0) is 14.3 Å². The van der Waals surface area contributed by atoms with Crippen LogP contribution in [0.15, 0.2) is 77.3 Å². The van der Waals surface area contributed by atoms with E-state index in [1.807, 2.05) is 25.1 Å². The lowest BCUT2D eigenvalue weighted by molar-refractivity contribution is -0.122. The number of anilines is 1. The molecule has 2 heterocycles. The lowest BCUT2D eigenvalue weighted by Gasteiger charge is -2.25. The van der Waals surface area contributed by atoms with Crippen LogP contribution in [-0.4, -0.2) is 35.2 Å². The average molecular weight is 626 g/mol. The van der Waals surface area contributed by atoms with Crippen LogP contribution in [0.4, 0.5) is 5.69 Å². The predicted octanol–water partition coefficient (Wildman–Crippen LogP) is 6.94. The lowest BCUT2D eigenvalue weighted by atomic mass is 9.76. The Bertz CT molecular complexity index is 1730. The van der Waals surface area contributed by atoms with E-state index in [1.54, 1.807) is 54.6 Å². The summed E-state index contributed by atoms with van der Waals surface area (Å²) in [6.45, 7) is 3.67. The highest BCUT2D eigenvalue weighted by Gasteiger charge is 2.49. The quantitative estimate of drug-likeness (QED) is 0.131. The Morgan fingerprint density at radius 1 is 0.929 bits per heavy atom. The average Bonchev–Trinajstić information content (AvgIpc) is 3.24. The Hall–Kier alpha value is -4.17. The number of esters is 1. The summed E-state index contributed by atoms with van der Waals surface area (Å²) < 4.78 is 6.32. The normalized spacial score (nSPS) is 20.1. The molecule has 2 amide bonds. The Morgan fingerprint density at radius 2 is 1.64 bits per heavy atom. The molecule has 6 rings (SSSR count). The summed E-state index contributed by atoms with van der Waals surface area (Å²) in [4.78, 5) is 58.3. The number of fused-ring (bicyclic) bond motifs is 2. The topological polar surface area (TPSA) is 93.6 Å². The molecule has 1 saturated heterocycles. The third-order valence-electron chi connectivity index (χ3n) is 8.29. The maximum absolute atomic E-state index is 13.3. The van der Waals surface area contributed by atoms with Crippen LogP contribution in [0, 0.1) is 24.7 Å². The Kier molecular flexibility index (Phi) is 7.49. The first-order valence-electron chi connectivity index (χ1n) is 14.0. The maximum atomic E-state index is 13.3. The van der Waals surface area contributed by atoms with Crippen molar-refractivity contribution in [1.29, 1.82) is 0 Å². The van der Waals surface area contributed by atoms with Gasteiger partial charge in [-0.2, -0.15) is 0 Å². The monoisotopic (exact) mass is 624 g/mol. The van der Waals surface area contributed by atoms with E-state index in [0.29, 0.717) is 44.9 Å². The number of ether oxygens (including phenoxy) is 1. The van der Waals surface area contributed by atoms with Gasteiger partial charge in [0.25, 0.3) is 0 Å². The van der Waals surface area contributed by atoms with Crippen molar-refractivity contribution in [2.75, 3.05) is 11.5 Å². The van der Waals surface area contributed by atoms with Crippen molar-refractivity contribution in [2.45, 2.75) is 33.1 Å². The van der Waals surface area contributed by atoms with Gasteiger partial charge < -0.3 is 4.74 Å². The minimum atomic E-state index is -0.624. The number of carbonyl (C=O) groups excluding carboxylic acids is 4. The number of benzene rings is 3. The van der Waals surface area contributed by atoms with E-state index in [0.717, 1.165) is 29.3 Å². The number of Topliss-reactive ketones (excluding diaryl/α,β-unsaturated/α-hetero) is 1. The standard InChI is InChI=1S/C34H29BrN2O5/c1-19-3-13-25-27(16-19)33(40)37(32(25)39)24-11-7-21(8-12-24)30-17-28(26-15-20(2)4-14-29(26)36-30)34(41)42-18-31(38)22-5-9-23(35)10-6-22/h4-12,14-15,17,19,25,27H,3,13,16,18H2,1-2H3/t19-,25+,27+/m1/s1. The van der Waals surface area contributed by atoms with Gasteiger partial charge in [0.1, 0.15) is 0 Å². The molecule has 3 atom stereocenters. The number of carbonyl (C=O) groups is 4. The zero-order valence-electron chi connectivity index (χ0n) is 23.3. The fourth-order valence-corrected chi connectivity index (χ4v) is 6.27. The molecule has 1 aliphatic heterocycles. The predicted molar refractivity (Wildman–Crippen MR) is 163 cm³/mol. The third-order valence-corrected chi connectivity index (χ3v) is 8.82. The second kappa shape index (κ2) is 11.2. The van der Waals surface area contributed by atoms with Crippen LogP contribution in [0.5, 0.6) is 0 Å². The summed E-state index contributed by atoms with van der Waals surface area (Å²) in [5, 5.41) is 0.626. The van der Waals surface area contributed by atoms with Gasteiger partial charge in [-0.25, -0.2) is 9.78 Å². The Labute approximate surface area is 252 Å². The van der Waals surface area contributed by atoms with E-state index < -0.39 is 12.6 Å². The first-order chi connectivity index (χ1) is 20.2. The molecule has 1 aromatic heterocycles. The van der Waals surface area contributed by atoms with Crippen LogP contribution < -0.4 is 4.90 Å². The van der Waals surface area contributed by atoms with Gasteiger partial charge in [-0.1, -0.05) is 58.7 Å². The summed E-state index contributed by atoms with van der Waals surface area (Å²) in [6, 6.07) is 21.3. The van der Waals surface area contributed by atoms with Gasteiger partial charge in [-0.3, -0.25) is 19.3 Å². The van der Waals surface area contributed by atoms with Crippen molar-refractivity contribution in [3.63, 3.8) is 0 Å². The number of hydrogen-bond donors (Lipinski definition) is 0. The molecule has 212 valence electrons. The number of pyridine rings is 1. The molecule has 7 nitrogen and oxygen atoms in total. The largest absolute Gasteiger partial charge is 0.454 e. The fraction of sp³-hybridized carbons (Fsp3) is 0.265. The summed E-state index contributed by atoms with van der Waals surface area (Å²) in [5.41, 5.74) is 4.10. The van der Waals surface area contributed by atoms with E-state index >= 15 is 0 Å². The van der Waals surface area contributed by atoms with E-state index in [1.165, 1.54) is 4.90 Å². The molecule has 42 heavy (non-hydrogen) atoms. The highest BCUT2D eigenvalue weighted by atomic mass is 79.9. The minimum absolute atomic E-state index is 0.119. The number of imide groups is 1.